The third-order valence-electron chi connectivity index (χ3n) is 2.44. The average Bonchev–Trinajstić information content (AvgIpc) is 2.90. The summed E-state index contributed by atoms with van der Waals surface area (Å²) in [7, 11) is 0. The monoisotopic (exact) mass is 262 g/mol. The molecule has 0 saturated carbocycles. The van der Waals surface area contributed by atoms with Crippen molar-refractivity contribution in [2.75, 3.05) is 6.61 Å². The number of rotatable bonds is 6. The predicted molar refractivity (Wildman–Crippen MR) is 66.2 cm³/mol. The van der Waals surface area contributed by atoms with Crippen LogP contribution < -0.4 is 4.74 Å². The Balaban J connectivity index is 1.82. The summed E-state index contributed by atoms with van der Waals surface area (Å²) in [5, 5.41) is 16.5. The lowest BCUT2D eigenvalue weighted by molar-refractivity contribution is 0.0926. The lowest BCUT2D eigenvalue weighted by Crippen LogP contribution is -2.07. The highest BCUT2D eigenvalue weighted by molar-refractivity contribution is 5.91. The third kappa shape index (κ3) is 3.54. The average molecular weight is 262 g/mol. The molecular formula is C13H14N2O4. The first kappa shape index (κ1) is 13.1. The molecule has 1 heterocycles. The molecule has 0 unspecified atom stereocenters. The van der Waals surface area contributed by atoms with Gasteiger partial charge in [0.15, 0.2) is 0 Å². The number of nitrogens with zero attached hydrogens (tertiary/aromatic N) is 2. The van der Waals surface area contributed by atoms with Crippen molar-refractivity contribution in [3.63, 3.8) is 0 Å². The van der Waals surface area contributed by atoms with Gasteiger partial charge < -0.3 is 14.3 Å². The Hall–Kier alpha value is -2.37. The van der Waals surface area contributed by atoms with Crippen molar-refractivity contribution in [2.45, 2.75) is 19.8 Å². The number of benzene rings is 1. The Morgan fingerprint density at radius 1 is 1.32 bits per heavy atom. The summed E-state index contributed by atoms with van der Waals surface area (Å²) in [4.78, 5) is 11.7. The van der Waals surface area contributed by atoms with Gasteiger partial charge in [-0.05, 0) is 24.3 Å². The molecule has 0 saturated heterocycles. The van der Waals surface area contributed by atoms with Gasteiger partial charge in [-0.25, -0.2) is 0 Å². The minimum Gasteiger partial charge on any atom is -0.508 e. The van der Waals surface area contributed by atoms with E-state index >= 15 is 0 Å². The number of phenols is 1. The van der Waals surface area contributed by atoms with Crippen LogP contribution in [0.4, 0.5) is 0 Å². The van der Waals surface area contributed by atoms with Gasteiger partial charge >= 0.3 is 0 Å². The fourth-order valence-electron chi connectivity index (χ4n) is 1.42. The molecule has 0 atom stereocenters. The van der Waals surface area contributed by atoms with Crippen molar-refractivity contribution in [3.05, 3.63) is 36.0 Å². The summed E-state index contributed by atoms with van der Waals surface area (Å²) < 4.78 is 10.5. The van der Waals surface area contributed by atoms with E-state index < -0.39 is 0 Å². The molecule has 0 fully saturated rings. The van der Waals surface area contributed by atoms with Gasteiger partial charge in [0.2, 0.25) is 11.7 Å². The van der Waals surface area contributed by atoms with Crippen molar-refractivity contribution in [1.82, 2.24) is 10.2 Å². The first-order valence-corrected chi connectivity index (χ1v) is 5.96. The molecule has 1 aromatic carbocycles. The number of aromatic hydroxyl groups is 1. The quantitative estimate of drug-likeness (QED) is 0.801. The summed E-state index contributed by atoms with van der Waals surface area (Å²) in [6.07, 6.45) is 0.760. The molecule has 6 heteroatoms. The van der Waals surface area contributed by atoms with Crippen LogP contribution in [0.15, 0.2) is 28.7 Å². The minimum atomic E-state index is -0.244. The lowest BCUT2D eigenvalue weighted by atomic mass is 10.3. The van der Waals surface area contributed by atoms with E-state index in [-0.39, 0.29) is 30.5 Å². The van der Waals surface area contributed by atoms with E-state index in [1.165, 1.54) is 12.1 Å². The van der Waals surface area contributed by atoms with E-state index in [1.807, 2.05) is 6.92 Å². The summed E-state index contributed by atoms with van der Waals surface area (Å²) in [6, 6.07) is 6.29. The highest BCUT2D eigenvalue weighted by Crippen LogP contribution is 2.16. The van der Waals surface area contributed by atoms with Crippen LogP contribution in [0.2, 0.25) is 0 Å². The Kier molecular flexibility index (Phi) is 4.12. The van der Waals surface area contributed by atoms with E-state index in [9.17, 15) is 4.79 Å². The second-order valence-electron chi connectivity index (χ2n) is 3.87. The maximum absolute atomic E-state index is 11.7. The molecular weight excluding hydrogens is 248 g/mol. The summed E-state index contributed by atoms with van der Waals surface area (Å²) in [5.74, 6) is 0.978. The molecule has 0 aliphatic carbocycles. The number of hydrogen-bond acceptors (Lipinski definition) is 6. The van der Waals surface area contributed by atoms with Gasteiger partial charge in [0, 0.05) is 6.42 Å². The highest BCUT2D eigenvalue weighted by atomic mass is 16.5. The molecule has 0 amide bonds. The van der Waals surface area contributed by atoms with E-state index in [2.05, 4.69) is 10.2 Å². The summed E-state index contributed by atoms with van der Waals surface area (Å²) in [5.41, 5.74) is 0. The fourth-order valence-corrected chi connectivity index (χ4v) is 1.42. The van der Waals surface area contributed by atoms with Crippen LogP contribution in [-0.2, 0) is 6.42 Å². The molecule has 0 bridgehead atoms. The van der Waals surface area contributed by atoms with Gasteiger partial charge in [0.05, 0.1) is 13.0 Å². The Morgan fingerprint density at radius 2 is 2.05 bits per heavy atom. The molecule has 2 aromatic rings. The summed E-state index contributed by atoms with van der Waals surface area (Å²) in [6.45, 7) is 2.09. The molecule has 2 rings (SSSR count). The summed E-state index contributed by atoms with van der Waals surface area (Å²) >= 11 is 0. The number of Topliss-reactive ketones (excluding diaryl/α,β-unsaturated/α-hetero) is 1. The first-order chi connectivity index (χ1) is 9.19. The number of carbonyl (C=O) groups excluding carboxylic acids is 1. The van der Waals surface area contributed by atoms with Crippen molar-refractivity contribution < 1.29 is 19.1 Å². The topological polar surface area (TPSA) is 85.5 Å². The highest BCUT2D eigenvalue weighted by Gasteiger charge is 2.13. The third-order valence-corrected chi connectivity index (χ3v) is 2.44. The van der Waals surface area contributed by atoms with E-state index in [0.717, 1.165) is 0 Å². The number of ketones is 1. The van der Waals surface area contributed by atoms with E-state index in [4.69, 9.17) is 14.3 Å². The predicted octanol–water partition coefficient (Wildman–Crippen LogP) is 1.99. The number of hydrogen-bond donors (Lipinski definition) is 1. The zero-order valence-electron chi connectivity index (χ0n) is 10.5. The zero-order valence-corrected chi connectivity index (χ0v) is 10.5. The van der Waals surface area contributed by atoms with Crippen molar-refractivity contribution in [3.8, 4) is 11.5 Å². The Morgan fingerprint density at radius 3 is 2.68 bits per heavy atom. The van der Waals surface area contributed by atoms with E-state index in [1.54, 1.807) is 12.1 Å². The molecule has 0 aliphatic rings. The SMILES string of the molecule is CCc1nnc(C(=O)CCOc2ccc(O)cc2)o1. The van der Waals surface area contributed by atoms with Crippen LogP contribution in [0, 0.1) is 0 Å². The smallest absolute Gasteiger partial charge is 0.284 e. The molecule has 19 heavy (non-hydrogen) atoms. The standard InChI is InChI=1S/C13H14N2O4/c1-2-12-14-15-13(19-12)11(17)7-8-18-10-5-3-9(16)4-6-10/h3-6,16H,2,7-8H2,1H3. The fraction of sp³-hybridized carbons (Fsp3) is 0.308. The molecule has 6 nitrogen and oxygen atoms in total. The number of ether oxygens (including phenoxy) is 1. The lowest BCUT2D eigenvalue weighted by Gasteiger charge is -2.04. The molecule has 1 aromatic heterocycles. The molecule has 100 valence electrons. The van der Waals surface area contributed by atoms with Crippen LogP contribution in [0.3, 0.4) is 0 Å². The molecule has 0 radical (unpaired) electrons. The van der Waals surface area contributed by atoms with Crippen molar-refractivity contribution in [2.24, 2.45) is 0 Å². The maximum Gasteiger partial charge on any atom is 0.284 e. The van der Waals surface area contributed by atoms with Crippen LogP contribution >= 0.6 is 0 Å². The van der Waals surface area contributed by atoms with Crippen LogP contribution in [0.25, 0.3) is 0 Å². The first-order valence-electron chi connectivity index (χ1n) is 5.96. The second-order valence-corrected chi connectivity index (χ2v) is 3.87. The largest absolute Gasteiger partial charge is 0.508 e. The van der Waals surface area contributed by atoms with Gasteiger partial charge in [-0.15, -0.1) is 10.2 Å². The van der Waals surface area contributed by atoms with Gasteiger partial charge in [-0.2, -0.15) is 0 Å². The van der Waals surface area contributed by atoms with Crippen LogP contribution in [-0.4, -0.2) is 27.7 Å². The zero-order chi connectivity index (χ0) is 13.7. The van der Waals surface area contributed by atoms with Gasteiger partial charge in [-0.1, -0.05) is 6.92 Å². The van der Waals surface area contributed by atoms with Gasteiger partial charge in [0.1, 0.15) is 11.5 Å². The molecule has 1 N–H and O–H groups in total. The minimum absolute atomic E-state index is 0.0196. The number of aromatic nitrogens is 2. The van der Waals surface area contributed by atoms with Crippen LogP contribution in [0.1, 0.15) is 29.9 Å². The van der Waals surface area contributed by atoms with Crippen molar-refractivity contribution in [1.29, 1.82) is 0 Å². The van der Waals surface area contributed by atoms with Crippen LogP contribution in [0.5, 0.6) is 11.5 Å². The molecule has 0 spiro atoms. The number of carbonyl (C=O) groups is 1. The van der Waals surface area contributed by atoms with E-state index in [0.29, 0.717) is 18.1 Å². The Labute approximate surface area is 110 Å². The number of phenolic OH excluding ortho intramolecular Hbond substituents is 1. The van der Waals surface area contributed by atoms with Gasteiger partial charge in [0.25, 0.3) is 5.89 Å². The maximum atomic E-state index is 11.7. The van der Waals surface area contributed by atoms with Gasteiger partial charge in [-0.3, -0.25) is 4.79 Å². The number of aryl methyl sites for hydroxylation is 1. The van der Waals surface area contributed by atoms with Crippen molar-refractivity contribution >= 4 is 5.78 Å². The normalized spacial score (nSPS) is 10.4. The molecule has 0 aliphatic heterocycles. The Bertz CT molecular complexity index is 548. The second kappa shape index (κ2) is 5.99.